The molecule has 0 rings (SSSR count). The van der Waals surface area contributed by atoms with Crippen LogP contribution in [0.3, 0.4) is 0 Å². The van der Waals surface area contributed by atoms with Crippen molar-refractivity contribution in [2.45, 2.75) is 52.4 Å². The Morgan fingerprint density at radius 2 is 1.55 bits per heavy atom. The summed E-state index contributed by atoms with van der Waals surface area (Å²) in [6.45, 7) is 6.42. The lowest BCUT2D eigenvalue weighted by Gasteiger charge is -2.24. The van der Waals surface area contributed by atoms with E-state index < -0.39 is 42.0 Å². The second-order valence-corrected chi connectivity index (χ2v) is 5.72. The van der Waals surface area contributed by atoms with Crippen LogP contribution in [0, 0.1) is 11.8 Å². The molecule has 22 heavy (non-hydrogen) atoms. The molecule has 0 aromatic carbocycles. The molecule has 0 bridgehead atoms. The van der Waals surface area contributed by atoms with Crippen molar-refractivity contribution in [1.82, 2.24) is 10.6 Å². The number of carbonyl (C=O) groups is 3. The molecule has 2 atom stereocenters. The summed E-state index contributed by atoms with van der Waals surface area (Å²) in [7, 11) is 0. The molecule has 0 aromatic rings. The third kappa shape index (κ3) is 6.77. The molecule has 0 aliphatic carbocycles. The lowest BCUT2D eigenvalue weighted by molar-refractivity contribution is -0.175. The molecular weight excluding hydrogens is 305 g/mol. The number of alkyl halides is 3. The summed E-state index contributed by atoms with van der Waals surface area (Å²) in [5.74, 6) is -5.11. The second kappa shape index (κ2) is 8.00. The lowest BCUT2D eigenvalue weighted by atomic mass is 10.0. The van der Waals surface area contributed by atoms with Crippen LogP contribution in [0.4, 0.5) is 13.2 Å². The number of carbonyl (C=O) groups excluding carboxylic acids is 2. The van der Waals surface area contributed by atoms with Gasteiger partial charge >= 0.3 is 18.1 Å². The first-order valence-corrected chi connectivity index (χ1v) is 6.77. The molecule has 3 N–H and O–H groups in total. The van der Waals surface area contributed by atoms with E-state index in [-0.39, 0.29) is 12.3 Å². The Labute approximate surface area is 126 Å². The summed E-state index contributed by atoms with van der Waals surface area (Å²) in [5.41, 5.74) is 0. The normalized spacial score (nSPS) is 14.6. The van der Waals surface area contributed by atoms with Crippen LogP contribution >= 0.6 is 0 Å². The third-order valence-corrected chi connectivity index (χ3v) is 2.82. The highest BCUT2D eigenvalue weighted by atomic mass is 19.4. The van der Waals surface area contributed by atoms with Crippen molar-refractivity contribution in [3.63, 3.8) is 0 Å². The molecule has 0 saturated heterocycles. The Morgan fingerprint density at radius 1 is 1.05 bits per heavy atom. The lowest BCUT2D eigenvalue weighted by Crippen LogP contribution is -2.55. The van der Waals surface area contributed by atoms with E-state index in [9.17, 15) is 27.6 Å². The van der Waals surface area contributed by atoms with Crippen molar-refractivity contribution in [3.05, 3.63) is 0 Å². The fourth-order valence-electron chi connectivity index (χ4n) is 1.71. The quantitative estimate of drug-likeness (QED) is 0.657. The molecule has 2 amide bonds. The predicted octanol–water partition coefficient (Wildman–Crippen LogP) is 1.30. The summed E-state index contributed by atoms with van der Waals surface area (Å²) < 4.78 is 36.9. The molecule has 0 fully saturated rings. The molecular formula is C13H21F3N2O4. The second-order valence-electron chi connectivity index (χ2n) is 5.72. The Bertz CT molecular complexity index is 422. The molecule has 0 unspecified atom stereocenters. The first-order valence-electron chi connectivity index (χ1n) is 6.77. The maximum atomic E-state index is 12.3. The number of halogens is 3. The summed E-state index contributed by atoms with van der Waals surface area (Å²) in [5, 5.41) is 12.7. The summed E-state index contributed by atoms with van der Waals surface area (Å²) in [6.07, 6.45) is -5.15. The minimum absolute atomic E-state index is 0.0436. The minimum Gasteiger partial charge on any atom is -0.480 e. The first-order chi connectivity index (χ1) is 9.86. The molecule has 0 aliphatic rings. The predicted molar refractivity (Wildman–Crippen MR) is 71.8 cm³/mol. The average Bonchev–Trinajstić information content (AvgIpc) is 2.31. The maximum absolute atomic E-state index is 12.3. The highest BCUT2D eigenvalue weighted by Crippen LogP contribution is 2.16. The average molecular weight is 326 g/mol. The van der Waals surface area contributed by atoms with Crippen LogP contribution in [0.15, 0.2) is 0 Å². The van der Waals surface area contributed by atoms with E-state index in [1.165, 1.54) is 0 Å². The van der Waals surface area contributed by atoms with Crippen LogP contribution < -0.4 is 10.6 Å². The summed E-state index contributed by atoms with van der Waals surface area (Å²) in [4.78, 5) is 34.0. The van der Waals surface area contributed by atoms with Crippen molar-refractivity contribution in [2.24, 2.45) is 11.8 Å². The Kier molecular flexibility index (Phi) is 7.34. The van der Waals surface area contributed by atoms with Gasteiger partial charge in [0.05, 0.1) is 0 Å². The molecule has 0 heterocycles. The molecule has 0 radical (unpaired) electrons. The van der Waals surface area contributed by atoms with Crippen molar-refractivity contribution in [2.75, 3.05) is 0 Å². The first kappa shape index (κ1) is 20.2. The molecule has 9 heteroatoms. The zero-order valence-corrected chi connectivity index (χ0v) is 12.8. The monoisotopic (exact) mass is 326 g/mol. The molecule has 0 spiro atoms. The Morgan fingerprint density at radius 3 is 1.86 bits per heavy atom. The van der Waals surface area contributed by atoms with Crippen molar-refractivity contribution in [3.8, 4) is 0 Å². The van der Waals surface area contributed by atoms with Crippen LogP contribution in [0.25, 0.3) is 0 Å². The van der Waals surface area contributed by atoms with Crippen LogP contribution in [0.2, 0.25) is 0 Å². The van der Waals surface area contributed by atoms with Crippen LogP contribution in [0.1, 0.15) is 34.1 Å². The third-order valence-electron chi connectivity index (χ3n) is 2.82. The van der Waals surface area contributed by atoms with Gasteiger partial charge in [0.2, 0.25) is 5.91 Å². The molecule has 0 saturated carbocycles. The van der Waals surface area contributed by atoms with Gasteiger partial charge in [-0.1, -0.05) is 27.7 Å². The highest BCUT2D eigenvalue weighted by molar-refractivity contribution is 5.91. The largest absolute Gasteiger partial charge is 0.480 e. The van der Waals surface area contributed by atoms with E-state index >= 15 is 0 Å². The van der Waals surface area contributed by atoms with Crippen LogP contribution in [-0.2, 0) is 14.4 Å². The van der Waals surface area contributed by atoms with Gasteiger partial charge in [0.1, 0.15) is 12.1 Å². The van der Waals surface area contributed by atoms with E-state index in [0.29, 0.717) is 0 Å². The molecule has 128 valence electrons. The fourth-order valence-corrected chi connectivity index (χ4v) is 1.71. The topological polar surface area (TPSA) is 95.5 Å². The van der Waals surface area contributed by atoms with E-state index in [0.717, 1.165) is 0 Å². The number of carboxylic acids is 1. The number of aliphatic carboxylic acids is 1. The van der Waals surface area contributed by atoms with Gasteiger partial charge in [0.25, 0.3) is 0 Å². The maximum Gasteiger partial charge on any atom is 0.471 e. The summed E-state index contributed by atoms with van der Waals surface area (Å²) >= 11 is 0. The molecule has 6 nitrogen and oxygen atoms in total. The van der Waals surface area contributed by atoms with Gasteiger partial charge in [0, 0.05) is 0 Å². The van der Waals surface area contributed by atoms with Crippen molar-refractivity contribution < 1.29 is 32.7 Å². The number of carboxylic acid groups (broad SMARTS) is 1. The number of hydrogen-bond acceptors (Lipinski definition) is 3. The van der Waals surface area contributed by atoms with Gasteiger partial charge in [-0.2, -0.15) is 13.2 Å². The number of hydrogen-bond donors (Lipinski definition) is 3. The number of nitrogens with one attached hydrogen (secondary N) is 2. The van der Waals surface area contributed by atoms with E-state index in [4.69, 9.17) is 5.11 Å². The summed E-state index contributed by atoms with van der Waals surface area (Å²) in [6, 6.07) is -2.69. The van der Waals surface area contributed by atoms with Crippen LogP contribution in [-0.4, -0.2) is 41.2 Å². The SMILES string of the molecule is CC(C)C[C@H](NC(=O)C(F)(F)F)C(=O)N[C@@H](C(=O)O)C(C)C. The minimum atomic E-state index is -5.11. The zero-order valence-electron chi connectivity index (χ0n) is 12.8. The Balaban J connectivity index is 5.06. The van der Waals surface area contributed by atoms with Gasteiger partial charge in [-0.3, -0.25) is 9.59 Å². The van der Waals surface area contributed by atoms with Crippen molar-refractivity contribution in [1.29, 1.82) is 0 Å². The standard InChI is InChI=1S/C13H21F3N2O4/c1-6(2)5-8(17-12(22)13(14,15)16)10(19)18-9(7(3)4)11(20)21/h6-9H,5H2,1-4H3,(H,17,22)(H,18,19)(H,20,21)/t8-,9+/m0/s1. The molecule has 0 aliphatic heterocycles. The Hall–Kier alpha value is -1.80. The number of amides is 2. The van der Waals surface area contributed by atoms with Gasteiger partial charge in [-0.25, -0.2) is 4.79 Å². The van der Waals surface area contributed by atoms with Gasteiger partial charge in [0.15, 0.2) is 0 Å². The zero-order chi connectivity index (χ0) is 17.7. The van der Waals surface area contributed by atoms with Gasteiger partial charge < -0.3 is 15.7 Å². The molecule has 0 aromatic heterocycles. The highest BCUT2D eigenvalue weighted by Gasteiger charge is 2.41. The number of rotatable bonds is 7. The van der Waals surface area contributed by atoms with E-state index in [1.54, 1.807) is 33.0 Å². The van der Waals surface area contributed by atoms with Crippen LogP contribution in [0.5, 0.6) is 0 Å². The fraction of sp³-hybridized carbons (Fsp3) is 0.769. The van der Waals surface area contributed by atoms with Gasteiger partial charge in [-0.05, 0) is 18.3 Å². The van der Waals surface area contributed by atoms with E-state index in [2.05, 4.69) is 5.32 Å². The van der Waals surface area contributed by atoms with E-state index in [1.807, 2.05) is 0 Å². The van der Waals surface area contributed by atoms with Crippen molar-refractivity contribution >= 4 is 17.8 Å². The smallest absolute Gasteiger partial charge is 0.471 e. The van der Waals surface area contributed by atoms with Gasteiger partial charge in [-0.15, -0.1) is 0 Å².